The van der Waals surface area contributed by atoms with E-state index in [4.69, 9.17) is 14.9 Å². The summed E-state index contributed by atoms with van der Waals surface area (Å²) in [5.74, 6) is -3.29. The molecule has 0 saturated heterocycles. The van der Waals surface area contributed by atoms with Gasteiger partial charge in [0.25, 0.3) is 5.91 Å². The minimum atomic E-state index is -1.21. The highest BCUT2D eigenvalue weighted by atomic mass is 19.1. The number of nitrogens with zero attached hydrogens (tertiary/aromatic N) is 1. The molecule has 0 spiro atoms. The van der Waals surface area contributed by atoms with Crippen molar-refractivity contribution in [2.75, 3.05) is 0 Å². The second kappa shape index (κ2) is 6.49. The maximum Gasteiger partial charge on any atom is 0.254 e. The van der Waals surface area contributed by atoms with Crippen LogP contribution in [0.15, 0.2) is 53.1 Å². The predicted octanol–water partition coefficient (Wildman–Crippen LogP) is 3.30. The highest BCUT2D eigenvalue weighted by molar-refractivity contribution is 5.93. The zero-order valence-corrected chi connectivity index (χ0v) is 12.3. The molecule has 0 atom stereocenters. The molecule has 0 fully saturated rings. The first-order valence-corrected chi connectivity index (χ1v) is 6.96. The molecule has 0 aliphatic carbocycles. The average Bonchev–Trinajstić information content (AvgIpc) is 3.04. The van der Waals surface area contributed by atoms with Gasteiger partial charge in [0.2, 0.25) is 5.89 Å². The Hall–Kier alpha value is -3.22. The number of oxazole rings is 1. The second-order valence-corrected chi connectivity index (χ2v) is 4.90. The molecule has 0 bridgehead atoms. The molecule has 0 aliphatic heterocycles. The van der Waals surface area contributed by atoms with Crippen LogP contribution in [0.3, 0.4) is 0 Å². The molecule has 0 saturated carbocycles. The highest BCUT2D eigenvalue weighted by Gasteiger charge is 2.19. The van der Waals surface area contributed by atoms with E-state index in [9.17, 15) is 13.6 Å². The van der Waals surface area contributed by atoms with Crippen LogP contribution >= 0.6 is 0 Å². The van der Waals surface area contributed by atoms with Gasteiger partial charge in [-0.15, -0.1) is 0 Å². The molecule has 24 heavy (non-hydrogen) atoms. The third kappa shape index (κ3) is 3.10. The summed E-state index contributed by atoms with van der Waals surface area (Å²) in [7, 11) is 0. The molecule has 1 heterocycles. The van der Waals surface area contributed by atoms with E-state index >= 15 is 0 Å². The van der Waals surface area contributed by atoms with E-state index in [2.05, 4.69) is 4.98 Å². The Bertz CT molecular complexity index is 879. The highest BCUT2D eigenvalue weighted by Crippen LogP contribution is 2.24. The fraction of sp³-hybridized carbons (Fsp3) is 0.0588. The molecule has 2 N–H and O–H groups in total. The van der Waals surface area contributed by atoms with Crippen LogP contribution in [0.2, 0.25) is 0 Å². The quantitative estimate of drug-likeness (QED) is 0.778. The van der Waals surface area contributed by atoms with Gasteiger partial charge in [-0.25, -0.2) is 13.8 Å². The number of benzene rings is 2. The Morgan fingerprint density at radius 2 is 1.92 bits per heavy atom. The lowest BCUT2D eigenvalue weighted by Gasteiger charge is -2.08. The van der Waals surface area contributed by atoms with Gasteiger partial charge in [-0.3, -0.25) is 4.79 Å². The number of rotatable bonds is 5. The number of carbonyl (C=O) groups is 1. The van der Waals surface area contributed by atoms with Crippen molar-refractivity contribution in [3.63, 3.8) is 0 Å². The smallest absolute Gasteiger partial charge is 0.254 e. The lowest BCUT2D eigenvalue weighted by molar-refractivity contribution is 0.0991. The minimum absolute atomic E-state index is 0.114. The Morgan fingerprint density at radius 3 is 2.62 bits per heavy atom. The zero-order valence-electron chi connectivity index (χ0n) is 12.3. The second-order valence-electron chi connectivity index (χ2n) is 4.90. The maximum absolute atomic E-state index is 14.0. The number of carbonyl (C=O) groups excluding carboxylic acids is 1. The van der Waals surface area contributed by atoms with Gasteiger partial charge in [0, 0.05) is 5.56 Å². The van der Waals surface area contributed by atoms with Crippen LogP contribution in [0, 0.1) is 11.6 Å². The standard InChI is InChI=1S/C17H12F2N2O3/c18-12-6-7-13(15(19)14(12)16(20)22)23-8-11-9-24-17(21-11)10-4-2-1-3-5-10/h1-7,9H,8H2,(H2,20,22). The minimum Gasteiger partial charge on any atom is -0.484 e. The third-order valence-electron chi connectivity index (χ3n) is 3.25. The molecule has 3 rings (SSSR count). The topological polar surface area (TPSA) is 78.4 Å². The average molecular weight is 330 g/mol. The van der Waals surface area contributed by atoms with E-state index < -0.39 is 23.1 Å². The Kier molecular flexibility index (Phi) is 4.24. The van der Waals surface area contributed by atoms with Gasteiger partial charge in [-0.2, -0.15) is 0 Å². The van der Waals surface area contributed by atoms with E-state index in [1.54, 1.807) is 0 Å². The molecule has 3 aromatic rings. The van der Waals surface area contributed by atoms with Crippen LogP contribution in [-0.4, -0.2) is 10.9 Å². The lowest BCUT2D eigenvalue weighted by atomic mass is 10.1. The fourth-order valence-corrected chi connectivity index (χ4v) is 2.11. The van der Waals surface area contributed by atoms with E-state index in [0.717, 1.165) is 17.7 Å². The van der Waals surface area contributed by atoms with Crippen molar-refractivity contribution in [3.05, 3.63) is 71.6 Å². The normalized spacial score (nSPS) is 10.6. The number of nitrogens with two attached hydrogens (primary N) is 1. The zero-order chi connectivity index (χ0) is 17.1. The monoisotopic (exact) mass is 330 g/mol. The first-order chi connectivity index (χ1) is 11.6. The third-order valence-corrected chi connectivity index (χ3v) is 3.25. The number of hydrogen-bond acceptors (Lipinski definition) is 4. The van der Waals surface area contributed by atoms with E-state index in [-0.39, 0.29) is 12.4 Å². The van der Waals surface area contributed by atoms with Gasteiger partial charge in [-0.05, 0) is 24.3 Å². The molecule has 1 amide bonds. The van der Waals surface area contributed by atoms with Gasteiger partial charge >= 0.3 is 0 Å². The Balaban J connectivity index is 1.76. The first-order valence-electron chi connectivity index (χ1n) is 6.96. The van der Waals surface area contributed by atoms with Gasteiger partial charge in [0.05, 0.1) is 0 Å². The molecular formula is C17H12F2N2O3. The van der Waals surface area contributed by atoms with Crippen LogP contribution in [-0.2, 0) is 6.61 Å². The van der Waals surface area contributed by atoms with E-state index in [1.165, 1.54) is 6.26 Å². The maximum atomic E-state index is 14.0. The molecule has 0 aliphatic rings. The SMILES string of the molecule is NC(=O)c1c(F)ccc(OCc2coc(-c3ccccc3)n2)c1F. The molecule has 1 aromatic heterocycles. The summed E-state index contributed by atoms with van der Waals surface area (Å²) in [5, 5.41) is 0. The number of amides is 1. The van der Waals surface area contributed by atoms with Gasteiger partial charge in [0.1, 0.15) is 29.9 Å². The van der Waals surface area contributed by atoms with Crippen LogP contribution < -0.4 is 10.5 Å². The molecule has 2 aromatic carbocycles. The summed E-state index contributed by atoms with van der Waals surface area (Å²) in [6.07, 6.45) is 1.37. The van der Waals surface area contributed by atoms with E-state index in [0.29, 0.717) is 11.6 Å². The van der Waals surface area contributed by atoms with Crippen LogP contribution in [0.4, 0.5) is 8.78 Å². The fourth-order valence-electron chi connectivity index (χ4n) is 2.11. The molecular weight excluding hydrogens is 318 g/mol. The van der Waals surface area contributed by atoms with Gasteiger partial charge in [-0.1, -0.05) is 18.2 Å². The van der Waals surface area contributed by atoms with Crippen molar-refractivity contribution >= 4 is 5.91 Å². The van der Waals surface area contributed by atoms with Crippen molar-refractivity contribution < 1.29 is 22.7 Å². The number of aromatic nitrogens is 1. The summed E-state index contributed by atoms with van der Waals surface area (Å²) in [6.45, 7) is -0.114. The number of halogens is 2. The van der Waals surface area contributed by atoms with Crippen molar-refractivity contribution in [2.45, 2.75) is 6.61 Å². The largest absolute Gasteiger partial charge is 0.484 e. The Morgan fingerprint density at radius 1 is 1.17 bits per heavy atom. The van der Waals surface area contributed by atoms with Crippen LogP contribution in [0.25, 0.3) is 11.5 Å². The predicted molar refractivity (Wildman–Crippen MR) is 81.1 cm³/mol. The summed E-state index contributed by atoms with van der Waals surface area (Å²) < 4.78 is 38.0. The summed E-state index contributed by atoms with van der Waals surface area (Å²) >= 11 is 0. The molecule has 122 valence electrons. The number of primary amides is 1. The van der Waals surface area contributed by atoms with Gasteiger partial charge in [0.15, 0.2) is 11.6 Å². The van der Waals surface area contributed by atoms with Crippen LogP contribution in [0.1, 0.15) is 16.1 Å². The van der Waals surface area contributed by atoms with Crippen molar-refractivity contribution in [3.8, 4) is 17.2 Å². The first kappa shape index (κ1) is 15.7. The number of ether oxygens (including phenoxy) is 1. The van der Waals surface area contributed by atoms with Crippen molar-refractivity contribution in [2.24, 2.45) is 5.73 Å². The van der Waals surface area contributed by atoms with Gasteiger partial charge < -0.3 is 14.9 Å². The van der Waals surface area contributed by atoms with Crippen molar-refractivity contribution in [1.29, 1.82) is 0 Å². The summed E-state index contributed by atoms with van der Waals surface area (Å²) in [4.78, 5) is 15.3. The molecule has 0 radical (unpaired) electrons. The van der Waals surface area contributed by atoms with E-state index in [1.807, 2.05) is 30.3 Å². The number of hydrogen-bond donors (Lipinski definition) is 1. The molecule has 7 heteroatoms. The summed E-state index contributed by atoms with van der Waals surface area (Å²) in [5.41, 5.74) is 5.32. The Labute approximate surface area is 135 Å². The molecule has 5 nitrogen and oxygen atoms in total. The van der Waals surface area contributed by atoms with Crippen LogP contribution in [0.5, 0.6) is 5.75 Å². The summed E-state index contributed by atoms with van der Waals surface area (Å²) in [6, 6.07) is 11.2. The lowest BCUT2D eigenvalue weighted by Crippen LogP contribution is -2.16. The molecule has 0 unspecified atom stereocenters. The van der Waals surface area contributed by atoms with Crippen molar-refractivity contribution in [1.82, 2.24) is 4.98 Å².